The lowest BCUT2D eigenvalue weighted by molar-refractivity contribution is -0.0440. The Balaban J connectivity index is 1.85. The van der Waals surface area contributed by atoms with Crippen LogP contribution in [0.1, 0.15) is 49.5 Å². The fourth-order valence-corrected chi connectivity index (χ4v) is 5.22. The first-order valence-corrected chi connectivity index (χ1v) is 11.3. The third-order valence-electron chi connectivity index (χ3n) is 4.95. The zero-order valence-electron chi connectivity index (χ0n) is 17.3. The van der Waals surface area contributed by atoms with Crippen LogP contribution in [0, 0.1) is 0 Å². The molecule has 3 rings (SSSR count). The molecule has 0 radical (unpaired) electrons. The van der Waals surface area contributed by atoms with Crippen LogP contribution in [0.25, 0.3) is 0 Å². The molecule has 0 spiro atoms. The molecule has 0 aliphatic carbocycles. The summed E-state index contributed by atoms with van der Waals surface area (Å²) in [5.41, 5.74) is 2.07. The topological polar surface area (TPSA) is 75.7 Å². The first-order chi connectivity index (χ1) is 13.7. The van der Waals surface area contributed by atoms with Gasteiger partial charge in [0.15, 0.2) is 0 Å². The third-order valence-corrected chi connectivity index (χ3v) is 6.78. The van der Waals surface area contributed by atoms with Crippen LogP contribution in [0.2, 0.25) is 0 Å². The normalized spacial score (nSPS) is 20.6. The molecule has 1 N–H and O–H groups in total. The van der Waals surface area contributed by atoms with Gasteiger partial charge in [0.2, 0.25) is 10.0 Å². The number of benzene rings is 2. The number of carbonyl (C=O) groups excluding carboxylic acids is 1. The van der Waals surface area contributed by atoms with Crippen molar-refractivity contribution >= 4 is 21.6 Å². The van der Waals surface area contributed by atoms with E-state index in [0.717, 1.165) is 11.3 Å². The van der Waals surface area contributed by atoms with Crippen LogP contribution in [-0.2, 0) is 14.8 Å². The number of nitrogens with zero attached hydrogens (tertiary/aromatic N) is 1. The number of sulfonamides is 1. The van der Waals surface area contributed by atoms with Crippen molar-refractivity contribution in [3.63, 3.8) is 0 Å². The highest BCUT2D eigenvalue weighted by Crippen LogP contribution is 2.25. The molecule has 1 heterocycles. The lowest BCUT2D eigenvalue weighted by Gasteiger charge is -2.34. The second-order valence-corrected chi connectivity index (χ2v) is 9.74. The standard InChI is InChI=1S/C22H28N2O4S/c1-15(2)20-10-5-6-11-21(20)23-22(25)18-8-7-9-19(12-18)29(26,27)24-13-16(3)28-17(4)14-24/h5-12,15-17H,13-14H2,1-4H3,(H,23,25)/t16-,17-/m0/s1. The highest BCUT2D eigenvalue weighted by Gasteiger charge is 2.32. The van der Waals surface area contributed by atoms with Crippen LogP contribution in [-0.4, -0.2) is 43.9 Å². The van der Waals surface area contributed by atoms with Gasteiger partial charge in [-0.05, 0) is 49.6 Å². The van der Waals surface area contributed by atoms with E-state index >= 15 is 0 Å². The Labute approximate surface area is 172 Å². The lowest BCUT2D eigenvalue weighted by Crippen LogP contribution is -2.48. The highest BCUT2D eigenvalue weighted by molar-refractivity contribution is 7.89. The maximum Gasteiger partial charge on any atom is 0.255 e. The molecule has 7 heteroatoms. The number of ether oxygens (including phenoxy) is 1. The van der Waals surface area contributed by atoms with Crippen molar-refractivity contribution in [3.05, 3.63) is 59.7 Å². The number of carbonyl (C=O) groups is 1. The second-order valence-electron chi connectivity index (χ2n) is 7.80. The number of morpholine rings is 1. The number of para-hydroxylation sites is 1. The van der Waals surface area contributed by atoms with E-state index in [1.54, 1.807) is 12.1 Å². The molecule has 1 aliphatic heterocycles. The Morgan fingerprint density at radius 3 is 2.38 bits per heavy atom. The monoisotopic (exact) mass is 416 g/mol. The molecule has 2 atom stereocenters. The molecule has 0 aromatic heterocycles. The molecule has 1 fully saturated rings. The molecule has 156 valence electrons. The molecular formula is C22H28N2O4S. The summed E-state index contributed by atoms with van der Waals surface area (Å²) >= 11 is 0. The largest absolute Gasteiger partial charge is 0.373 e. The first-order valence-electron chi connectivity index (χ1n) is 9.84. The second kappa shape index (κ2) is 8.65. The summed E-state index contributed by atoms with van der Waals surface area (Å²) < 4.78 is 33.3. The van der Waals surface area contributed by atoms with Gasteiger partial charge in [-0.1, -0.05) is 38.1 Å². The van der Waals surface area contributed by atoms with Gasteiger partial charge in [-0.2, -0.15) is 4.31 Å². The molecule has 2 aromatic carbocycles. The van der Waals surface area contributed by atoms with Crippen LogP contribution in [0.15, 0.2) is 53.4 Å². The quantitative estimate of drug-likeness (QED) is 0.803. The Morgan fingerprint density at radius 1 is 1.07 bits per heavy atom. The fourth-order valence-electron chi connectivity index (χ4n) is 3.58. The predicted octanol–water partition coefficient (Wildman–Crippen LogP) is 3.86. The van der Waals surface area contributed by atoms with Crippen LogP contribution >= 0.6 is 0 Å². The van der Waals surface area contributed by atoms with E-state index in [1.807, 2.05) is 38.1 Å². The number of hydrogen-bond acceptors (Lipinski definition) is 4. The molecule has 1 saturated heterocycles. The molecule has 0 unspecified atom stereocenters. The minimum Gasteiger partial charge on any atom is -0.373 e. The van der Waals surface area contributed by atoms with Crippen molar-refractivity contribution in [2.24, 2.45) is 0 Å². The van der Waals surface area contributed by atoms with E-state index in [9.17, 15) is 13.2 Å². The summed E-state index contributed by atoms with van der Waals surface area (Å²) in [7, 11) is -3.71. The zero-order chi connectivity index (χ0) is 21.2. The van der Waals surface area contributed by atoms with Gasteiger partial charge in [-0.3, -0.25) is 4.79 Å². The number of amides is 1. The van der Waals surface area contributed by atoms with E-state index in [0.29, 0.717) is 18.7 Å². The summed E-state index contributed by atoms with van der Waals surface area (Å²) in [4.78, 5) is 12.9. The van der Waals surface area contributed by atoms with E-state index in [1.165, 1.54) is 16.4 Å². The molecule has 6 nitrogen and oxygen atoms in total. The van der Waals surface area contributed by atoms with Crippen LogP contribution in [0.5, 0.6) is 0 Å². The highest BCUT2D eigenvalue weighted by atomic mass is 32.2. The van der Waals surface area contributed by atoms with Crippen LogP contribution in [0.3, 0.4) is 0 Å². The zero-order valence-corrected chi connectivity index (χ0v) is 18.1. The fraction of sp³-hybridized carbons (Fsp3) is 0.409. The van der Waals surface area contributed by atoms with Crippen LogP contribution in [0.4, 0.5) is 5.69 Å². The first kappa shape index (κ1) is 21.5. The van der Waals surface area contributed by atoms with Gasteiger partial charge in [0.05, 0.1) is 17.1 Å². The Kier molecular flexibility index (Phi) is 6.41. The smallest absolute Gasteiger partial charge is 0.255 e. The Hall–Kier alpha value is -2.22. The molecule has 1 aliphatic rings. The van der Waals surface area contributed by atoms with E-state index in [-0.39, 0.29) is 28.9 Å². The van der Waals surface area contributed by atoms with Gasteiger partial charge < -0.3 is 10.1 Å². The van der Waals surface area contributed by atoms with Gasteiger partial charge in [0, 0.05) is 24.3 Å². The third kappa shape index (κ3) is 4.86. The van der Waals surface area contributed by atoms with Gasteiger partial charge in [0.1, 0.15) is 0 Å². The van der Waals surface area contributed by atoms with Gasteiger partial charge >= 0.3 is 0 Å². The van der Waals surface area contributed by atoms with Crippen LogP contribution < -0.4 is 5.32 Å². The van der Waals surface area contributed by atoms with Crippen molar-refractivity contribution < 1.29 is 17.9 Å². The maximum absolute atomic E-state index is 13.1. The number of rotatable bonds is 5. The molecule has 29 heavy (non-hydrogen) atoms. The Morgan fingerprint density at radius 2 is 1.72 bits per heavy atom. The molecule has 1 amide bonds. The van der Waals surface area contributed by atoms with Crippen molar-refractivity contribution in [1.29, 1.82) is 0 Å². The molecule has 0 bridgehead atoms. The summed E-state index contributed by atoms with van der Waals surface area (Å²) in [6.07, 6.45) is -0.347. The average Bonchev–Trinajstić information content (AvgIpc) is 2.67. The van der Waals surface area contributed by atoms with Gasteiger partial charge in [0.25, 0.3) is 5.91 Å². The summed E-state index contributed by atoms with van der Waals surface area (Å²) in [5.74, 6) is -0.0811. The van der Waals surface area contributed by atoms with E-state index < -0.39 is 10.0 Å². The molecular weight excluding hydrogens is 388 g/mol. The predicted molar refractivity (Wildman–Crippen MR) is 114 cm³/mol. The summed E-state index contributed by atoms with van der Waals surface area (Å²) in [5, 5.41) is 2.91. The molecule has 0 saturated carbocycles. The minimum absolute atomic E-state index is 0.114. The van der Waals surface area contributed by atoms with Crippen molar-refractivity contribution in [2.45, 2.75) is 50.7 Å². The van der Waals surface area contributed by atoms with Crippen molar-refractivity contribution in [1.82, 2.24) is 4.31 Å². The number of hydrogen-bond donors (Lipinski definition) is 1. The van der Waals surface area contributed by atoms with Gasteiger partial charge in [-0.15, -0.1) is 0 Å². The Bertz CT molecular complexity index is 978. The van der Waals surface area contributed by atoms with Crippen molar-refractivity contribution in [2.75, 3.05) is 18.4 Å². The molecule has 2 aromatic rings. The maximum atomic E-state index is 13.1. The number of anilines is 1. The van der Waals surface area contributed by atoms with E-state index in [2.05, 4.69) is 19.2 Å². The lowest BCUT2D eigenvalue weighted by atomic mass is 10.0. The summed E-state index contributed by atoms with van der Waals surface area (Å²) in [6, 6.07) is 13.8. The van der Waals surface area contributed by atoms with Gasteiger partial charge in [-0.25, -0.2) is 8.42 Å². The SMILES string of the molecule is CC(C)c1ccccc1NC(=O)c1cccc(S(=O)(=O)N2C[C@H](C)O[C@@H](C)C2)c1. The van der Waals surface area contributed by atoms with Crippen molar-refractivity contribution in [3.8, 4) is 0 Å². The van der Waals surface area contributed by atoms with E-state index in [4.69, 9.17) is 4.74 Å². The minimum atomic E-state index is -3.71. The average molecular weight is 417 g/mol. The summed E-state index contributed by atoms with van der Waals surface area (Å²) in [6.45, 7) is 8.42. The number of nitrogens with one attached hydrogen (secondary N) is 1.